The molecule has 4 heteroatoms. The summed E-state index contributed by atoms with van der Waals surface area (Å²) in [6.45, 7) is 1.89. The van der Waals surface area contributed by atoms with E-state index in [2.05, 4.69) is 15.9 Å². The van der Waals surface area contributed by atoms with Crippen molar-refractivity contribution < 1.29 is 9.53 Å². The van der Waals surface area contributed by atoms with Gasteiger partial charge in [0.25, 0.3) is 0 Å². The van der Waals surface area contributed by atoms with Gasteiger partial charge in [-0.15, -0.1) is 0 Å². The molecule has 0 aliphatic heterocycles. The number of aryl methyl sites for hydroxylation is 1. The van der Waals surface area contributed by atoms with Gasteiger partial charge in [0.15, 0.2) is 5.78 Å². The van der Waals surface area contributed by atoms with E-state index in [4.69, 9.17) is 16.3 Å². The topological polar surface area (TPSA) is 26.3 Å². The minimum atomic E-state index is 0.0711. The van der Waals surface area contributed by atoms with E-state index in [1.165, 1.54) is 0 Å². The lowest BCUT2D eigenvalue weighted by atomic mass is 10.0. The van der Waals surface area contributed by atoms with Crippen molar-refractivity contribution >= 4 is 33.3 Å². The Morgan fingerprint density at radius 1 is 1.25 bits per heavy atom. The van der Waals surface area contributed by atoms with Crippen LogP contribution in [0.15, 0.2) is 40.9 Å². The molecule has 0 amide bonds. The van der Waals surface area contributed by atoms with Crippen LogP contribution >= 0.6 is 27.5 Å². The summed E-state index contributed by atoms with van der Waals surface area (Å²) < 4.78 is 6.02. The zero-order valence-corrected chi connectivity index (χ0v) is 13.6. The molecule has 0 radical (unpaired) electrons. The molecule has 2 rings (SSSR count). The lowest BCUT2D eigenvalue weighted by Gasteiger charge is -2.07. The normalized spacial score (nSPS) is 10.4. The van der Waals surface area contributed by atoms with E-state index in [0.29, 0.717) is 17.0 Å². The van der Waals surface area contributed by atoms with Gasteiger partial charge in [0.1, 0.15) is 5.75 Å². The minimum Gasteiger partial charge on any atom is -0.496 e. The molecular weight excluding hydrogens is 340 g/mol. The van der Waals surface area contributed by atoms with Crippen LogP contribution in [0, 0.1) is 6.92 Å². The number of rotatable bonds is 4. The molecule has 0 aliphatic rings. The van der Waals surface area contributed by atoms with Gasteiger partial charge in [0.05, 0.1) is 11.6 Å². The summed E-state index contributed by atoms with van der Waals surface area (Å²) in [4.78, 5) is 12.3. The van der Waals surface area contributed by atoms with E-state index in [9.17, 15) is 4.79 Å². The first-order valence-electron chi connectivity index (χ1n) is 6.13. The molecule has 0 saturated carbocycles. The lowest BCUT2D eigenvalue weighted by molar-refractivity contribution is 0.0993. The second-order valence-electron chi connectivity index (χ2n) is 4.53. The van der Waals surface area contributed by atoms with E-state index < -0.39 is 0 Å². The molecule has 0 heterocycles. The van der Waals surface area contributed by atoms with Crippen molar-refractivity contribution in [1.82, 2.24) is 0 Å². The van der Waals surface area contributed by atoms with E-state index in [-0.39, 0.29) is 5.78 Å². The first-order valence-corrected chi connectivity index (χ1v) is 7.30. The van der Waals surface area contributed by atoms with Crippen LogP contribution in [0.1, 0.15) is 21.5 Å². The van der Waals surface area contributed by atoms with Gasteiger partial charge in [0, 0.05) is 17.0 Å². The first kappa shape index (κ1) is 15.1. The molecule has 0 atom stereocenters. The third-order valence-electron chi connectivity index (χ3n) is 3.06. The summed E-state index contributed by atoms with van der Waals surface area (Å²) in [5, 5.41) is 0.675. The molecule has 0 saturated heterocycles. The molecule has 0 N–H and O–H groups in total. The maximum absolute atomic E-state index is 12.3. The van der Waals surface area contributed by atoms with Crippen LogP contribution in [0.4, 0.5) is 0 Å². The van der Waals surface area contributed by atoms with Crippen molar-refractivity contribution in [1.29, 1.82) is 0 Å². The van der Waals surface area contributed by atoms with Crippen LogP contribution in [0.25, 0.3) is 0 Å². The SMILES string of the molecule is COc1ccc(CC(=O)c2ccc(Cl)c(C)c2)cc1Br. The maximum atomic E-state index is 12.3. The zero-order chi connectivity index (χ0) is 14.7. The summed E-state index contributed by atoms with van der Waals surface area (Å²) >= 11 is 9.39. The van der Waals surface area contributed by atoms with Crippen molar-refractivity contribution in [3.8, 4) is 5.75 Å². The third kappa shape index (κ3) is 3.41. The van der Waals surface area contributed by atoms with Gasteiger partial charge < -0.3 is 4.74 Å². The van der Waals surface area contributed by atoms with Crippen molar-refractivity contribution in [3.63, 3.8) is 0 Å². The Morgan fingerprint density at radius 2 is 2.00 bits per heavy atom. The Morgan fingerprint density at radius 3 is 2.60 bits per heavy atom. The van der Waals surface area contributed by atoms with Crippen molar-refractivity contribution in [2.45, 2.75) is 13.3 Å². The zero-order valence-electron chi connectivity index (χ0n) is 11.2. The summed E-state index contributed by atoms with van der Waals surface area (Å²) in [7, 11) is 1.61. The Hall–Kier alpha value is -1.32. The highest BCUT2D eigenvalue weighted by atomic mass is 79.9. The van der Waals surface area contributed by atoms with E-state index >= 15 is 0 Å². The number of methoxy groups -OCH3 is 1. The maximum Gasteiger partial charge on any atom is 0.167 e. The highest BCUT2D eigenvalue weighted by Gasteiger charge is 2.10. The predicted molar refractivity (Wildman–Crippen MR) is 84.9 cm³/mol. The molecular formula is C16H14BrClO2. The fourth-order valence-corrected chi connectivity index (χ4v) is 2.63. The van der Waals surface area contributed by atoms with Crippen LogP contribution in [-0.4, -0.2) is 12.9 Å². The Balaban J connectivity index is 2.19. The minimum absolute atomic E-state index is 0.0711. The number of halogens is 2. The molecule has 0 aromatic heterocycles. The third-order valence-corrected chi connectivity index (χ3v) is 4.10. The van der Waals surface area contributed by atoms with Crippen molar-refractivity contribution in [2.75, 3.05) is 7.11 Å². The van der Waals surface area contributed by atoms with Crippen LogP contribution in [0.3, 0.4) is 0 Å². The molecule has 0 spiro atoms. The highest BCUT2D eigenvalue weighted by Crippen LogP contribution is 2.26. The lowest BCUT2D eigenvalue weighted by Crippen LogP contribution is -2.04. The number of ketones is 1. The van der Waals surface area contributed by atoms with Crippen LogP contribution in [0.5, 0.6) is 5.75 Å². The van der Waals surface area contributed by atoms with E-state index in [0.717, 1.165) is 21.3 Å². The Labute approximate surface area is 131 Å². The summed E-state index contributed by atoms with van der Waals surface area (Å²) in [5.41, 5.74) is 2.53. The smallest absolute Gasteiger partial charge is 0.167 e. The van der Waals surface area contributed by atoms with Crippen molar-refractivity contribution in [3.05, 3.63) is 62.6 Å². The quantitative estimate of drug-likeness (QED) is 0.735. The Bertz CT molecular complexity index is 653. The number of hydrogen-bond donors (Lipinski definition) is 0. The van der Waals surface area contributed by atoms with E-state index in [1.807, 2.05) is 31.2 Å². The van der Waals surface area contributed by atoms with Gasteiger partial charge in [-0.05, 0) is 64.3 Å². The number of Topliss-reactive ketones (excluding diaryl/α,β-unsaturated/α-hetero) is 1. The van der Waals surface area contributed by atoms with Crippen molar-refractivity contribution in [2.24, 2.45) is 0 Å². The molecule has 0 unspecified atom stereocenters. The number of carbonyl (C=O) groups is 1. The van der Waals surface area contributed by atoms with Gasteiger partial charge >= 0.3 is 0 Å². The number of ether oxygens (including phenoxy) is 1. The van der Waals surface area contributed by atoms with Crippen LogP contribution in [0.2, 0.25) is 5.02 Å². The molecule has 0 bridgehead atoms. The Kier molecular flexibility index (Phi) is 4.84. The number of carbonyl (C=O) groups excluding carboxylic acids is 1. The van der Waals surface area contributed by atoms with Gasteiger partial charge in [0.2, 0.25) is 0 Å². The van der Waals surface area contributed by atoms with Crippen LogP contribution < -0.4 is 4.74 Å². The molecule has 2 aromatic rings. The second kappa shape index (κ2) is 6.42. The molecule has 2 aromatic carbocycles. The van der Waals surface area contributed by atoms with Crippen LogP contribution in [-0.2, 0) is 6.42 Å². The van der Waals surface area contributed by atoms with Gasteiger partial charge in [-0.3, -0.25) is 4.79 Å². The van der Waals surface area contributed by atoms with Gasteiger partial charge in [-0.2, -0.15) is 0 Å². The number of hydrogen-bond acceptors (Lipinski definition) is 2. The fourth-order valence-electron chi connectivity index (χ4n) is 1.93. The summed E-state index contributed by atoms with van der Waals surface area (Å²) in [5.74, 6) is 0.824. The molecule has 104 valence electrons. The molecule has 0 aliphatic carbocycles. The first-order chi connectivity index (χ1) is 9.51. The predicted octanol–water partition coefficient (Wildman–Crippen LogP) is 4.84. The summed E-state index contributed by atoms with van der Waals surface area (Å²) in [6, 6.07) is 11.0. The van der Waals surface area contributed by atoms with Gasteiger partial charge in [-0.1, -0.05) is 17.7 Å². The largest absolute Gasteiger partial charge is 0.496 e. The molecule has 0 fully saturated rings. The highest BCUT2D eigenvalue weighted by molar-refractivity contribution is 9.10. The monoisotopic (exact) mass is 352 g/mol. The standard InChI is InChI=1S/C16H14BrClO2/c1-10-7-12(4-5-14(10)18)15(19)9-11-3-6-16(20-2)13(17)8-11/h3-8H,9H2,1-2H3. The fraction of sp³-hybridized carbons (Fsp3) is 0.188. The van der Waals surface area contributed by atoms with Gasteiger partial charge in [-0.25, -0.2) is 0 Å². The average Bonchev–Trinajstić information content (AvgIpc) is 2.42. The average molecular weight is 354 g/mol. The van der Waals surface area contributed by atoms with E-state index in [1.54, 1.807) is 19.2 Å². The second-order valence-corrected chi connectivity index (χ2v) is 5.79. The molecule has 20 heavy (non-hydrogen) atoms. The molecule has 2 nitrogen and oxygen atoms in total. The number of benzene rings is 2. The summed E-state index contributed by atoms with van der Waals surface area (Å²) in [6.07, 6.45) is 0.351.